The van der Waals surface area contributed by atoms with Crippen LogP contribution in [0.5, 0.6) is 5.75 Å². The first-order valence-corrected chi connectivity index (χ1v) is 4.69. The van der Waals surface area contributed by atoms with E-state index in [1.54, 1.807) is 0 Å². The van der Waals surface area contributed by atoms with Crippen molar-refractivity contribution < 1.29 is 27.4 Å². The lowest BCUT2D eigenvalue weighted by atomic mass is 10.0. The molecule has 2 atom stereocenters. The van der Waals surface area contributed by atoms with Crippen LogP contribution >= 0.6 is 0 Å². The maximum Gasteiger partial charge on any atom is 0.573 e. The van der Waals surface area contributed by atoms with Gasteiger partial charge in [-0.15, -0.1) is 13.2 Å². The minimum Gasteiger partial charge on any atom is -0.403 e. The van der Waals surface area contributed by atoms with Gasteiger partial charge in [0.05, 0.1) is 12.1 Å². The van der Waals surface area contributed by atoms with Crippen LogP contribution in [0.1, 0.15) is 18.5 Å². The molecule has 96 valence electrons. The monoisotopic (exact) mass is 253 g/mol. The van der Waals surface area contributed by atoms with Gasteiger partial charge in [0, 0.05) is 0 Å². The Morgan fingerprint density at radius 2 is 1.94 bits per heavy atom. The second-order valence-electron chi connectivity index (χ2n) is 3.50. The van der Waals surface area contributed by atoms with Gasteiger partial charge in [0.15, 0.2) is 11.6 Å². The van der Waals surface area contributed by atoms with E-state index in [9.17, 15) is 17.6 Å². The van der Waals surface area contributed by atoms with E-state index in [1.807, 2.05) is 0 Å². The van der Waals surface area contributed by atoms with Crippen LogP contribution in [0.2, 0.25) is 0 Å². The summed E-state index contributed by atoms with van der Waals surface area (Å²) in [7, 11) is 0. The highest BCUT2D eigenvalue weighted by molar-refractivity contribution is 5.31. The molecule has 0 saturated carbocycles. The smallest absolute Gasteiger partial charge is 0.403 e. The number of benzene rings is 1. The van der Waals surface area contributed by atoms with E-state index in [0.717, 1.165) is 12.1 Å². The Morgan fingerprint density at radius 3 is 2.35 bits per heavy atom. The van der Waals surface area contributed by atoms with Crippen molar-refractivity contribution in [2.45, 2.75) is 25.4 Å². The molecule has 0 bridgehead atoms. The Kier molecular flexibility index (Phi) is 3.94. The van der Waals surface area contributed by atoms with Crippen LogP contribution in [0, 0.1) is 5.82 Å². The van der Waals surface area contributed by atoms with Crippen molar-refractivity contribution in [2.75, 3.05) is 0 Å². The van der Waals surface area contributed by atoms with Crippen molar-refractivity contribution in [3.63, 3.8) is 0 Å². The fourth-order valence-electron chi connectivity index (χ4n) is 1.21. The van der Waals surface area contributed by atoms with Crippen LogP contribution in [0.3, 0.4) is 0 Å². The van der Waals surface area contributed by atoms with Crippen LogP contribution in [-0.4, -0.2) is 17.6 Å². The molecule has 0 aliphatic carbocycles. The number of halogens is 4. The van der Waals surface area contributed by atoms with Crippen molar-refractivity contribution >= 4 is 0 Å². The minimum absolute atomic E-state index is 0.187. The summed E-state index contributed by atoms with van der Waals surface area (Å²) in [6.45, 7) is 1.39. The zero-order chi connectivity index (χ0) is 13.2. The number of aliphatic hydroxyl groups is 1. The van der Waals surface area contributed by atoms with Crippen molar-refractivity contribution in [1.82, 2.24) is 0 Å². The third-order valence-corrected chi connectivity index (χ3v) is 2.09. The normalized spacial score (nSPS) is 15.5. The fraction of sp³-hybridized carbons (Fsp3) is 0.400. The van der Waals surface area contributed by atoms with E-state index < -0.39 is 30.1 Å². The lowest BCUT2D eigenvalue weighted by molar-refractivity contribution is -0.275. The molecule has 7 heteroatoms. The Balaban J connectivity index is 2.94. The zero-order valence-electron chi connectivity index (χ0n) is 8.83. The van der Waals surface area contributed by atoms with E-state index in [4.69, 9.17) is 10.8 Å². The highest BCUT2D eigenvalue weighted by atomic mass is 19.4. The quantitative estimate of drug-likeness (QED) is 0.811. The number of rotatable bonds is 3. The zero-order valence-corrected chi connectivity index (χ0v) is 8.83. The molecular formula is C10H11F4NO2. The van der Waals surface area contributed by atoms with E-state index >= 15 is 0 Å². The Bertz CT molecular complexity index is 392. The van der Waals surface area contributed by atoms with E-state index in [0.29, 0.717) is 0 Å². The van der Waals surface area contributed by atoms with Crippen LogP contribution in [0.25, 0.3) is 0 Å². The third kappa shape index (κ3) is 3.86. The molecule has 17 heavy (non-hydrogen) atoms. The molecule has 0 aliphatic rings. The molecule has 0 aliphatic heterocycles. The number of ether oxygens (including phenoxy) is 1. The maximum absolute atomic E-state index is 13.2. The second-order valence-corrected chi connectivity index (χ2v) is 3.50. The molecule has 0 saturated heterocycles. The lowest BCUT2D eigenvalue weighted by Gasteiger charge is -2.16. The number of hydrogen-bond acceptors (Lipinski definition) is 3. The maximum atomic E-state index is 13.2. The number of alkyl halides is 3. The van der Waals surface area contributed by atoms with Crippen LogP contribution in [0.4, 0.5) is 17.6 Å². The molecule has 3 N–H and O–H groups in total. The third-order valence-electron chi connectivity index (χ3n) is 2.09. The van der Waals surface area contributed by atoms with Gasteiger partial charge in [-0.3, -0.25) is 0 Å². The Morgan fingerprint density at radius 1 is 1.35 bits per heavy atom. The van der Waals surface area contributed by atoms with Gasteiger partial charge in [0.1, 0.15) is 0 Å². The summed E-state index contributed by atoms with van der Waals surface area (Å²) < 4.78 is 52.3. The first-order chi connectivity index (χ1) is 7.70. The van der Waals surface area contributed by atoms with Crippen molar-refractivity contribution in [2.24, 2.45) is 5.73 Å². The average Bonchev–Trinajstić information content (AvgIpc) is 2.18. The Hall–Kier alpha value is -1.34. The molecule has 0 heterocycles. The Labute approximate surface area is 94.8 Å². The van der Waals surface area contributed by atoms with Gasteiger partial charge < -0.3 is 15.6 Å². The molecule has 1 aromatic rings. The second kappa shape index (κ2) is 4.89. The predicted octanol–water partition coefficient (Wildman–Crippen LogP) is 2.10. The molecule has 0 unspecified atom stereocenters. The fourth-order valence-corrected chi connectivity index (χ4v) is 1.21. The molecule has 1 aromatic carbocycles. The van der Waals surface area contributed by atoms with Gasteiger partial charge in [0.25, 0.3) is 0 Å². The standard InChI is InChI=1S/C10H11F4NO2/c1-5(16)9(15)6-2-3-8(7(11)4-6)17-10(12,13)14/h2-5,9,16H,15H2,1H3/t5-,9-/m1/s1. The first kappa shape index (κ1) is 13.7. The summed E-state index contributed by atoms with van der Waals surface area (Å²) in [5.41, 5.74) is 5.69. The SMILES string of the molecule is C[C@@H](O)[C@@H](N)c1ccc(OC(F)(F)F)c(F)c1. The van der Waals surface area contributed by atoms with Gasteiger partial charge in [0.2, 0.25) is 0 Å². The van der Waals surface area contributed by atoms with Crippen LogP contribution < -0.4 is 10.5 Å². The number of aliphatic hydroxyl groups excluding tert-OH is 1. The highest BCUT2D eigenvalue weighted by Crippen LogP contribution is 2.27. The largest absolute Gasteiger partial charge is 0.573 e. The van der Waals surface area contributed by atoms with Gasteiger partial charge in [-0.05, 0) is 24.6 Å². The molecule has 0 amide bonds. The summed E-state index contributed by atoms with van der Waals surface area (Å²) in [5, 5.41) is 9.16. The predicted molar refractivity (Wildman–Crippen MR) is 51.7 cm³/mol. The van der Waals surface area contributed by atoms with E-state index in [1.165, 1.54) is 13.0 Å². The van der Waals surface area contributed by atoms with E-state index in [2.05, 4.69) is 4.74 Å². The molecule has 0 spiro atoms. The van der Waals surface area contributed by atoms with Gasteiger partial charge in [-0.2, -0.15) is 0 Å². The summed E-state index contributed by atoms with van der Waals surface area (Å²) >= 11 is 0. The summed E-state index contributed by atoms with van der Waals surface area (Å²) in [6.07, 6.45) is -5.89. The molecule has 1 rings (SSSR count). The highest BCUT2D eigenvalue weighted by Gasteiger charge is 2.32. The molecule has 0 aromatic heterocycles. The molecule has 0 fully saturated rings. The molecular weight excluding hydrogens is 242 g/mol. The van der Waals surface area contributed by atoms with Gasteiger partial charge in [-0.25, -0.2) is 4.39 Å². The summed E-state index contributed by atoms with van der Waals surface area (Å²) in [6, 6.07) is 1.92. The van der Waals surface area contributed by atoms with Crippen molar-refractivity contribution in [1.29, 1.82) is 0 Å². The minimum atomic E-state index is -4.95. The summed E-state index contributed by atoms with van der Waals surface area (Å²) in [4.78, 5) is 0. The molecule has 3 nitrogen and oxygen atoms in total. The van der Waals surface area contributed by atoms with Crippen LogP contribution in [-0.2, 0) is 0 Å². The van der Waals surface area contributed by atoms with Crippen molar-refractivity contribution in [3.8, 4) is 5.75 Å². The summed E-state index contributed by atoms with van der Waals surface area (Å²) in [5.74, 6) is -2.12. The number of nitrogens with two attached hydrogens (primary N) is 1. The average molecular weight is 253 g/mol. The van der Waals surface area contributed by atoms with Crippen LogP contribution in [0.15, 0.2) is 18.2 Å². The number of hydrogen-bond donors (Lipinski definition) is 2. The van der Waals surface area contributed by atoms with Gasteiger partial charge in [-0.1, -0.05) is 6.07 Å². The topological polar surface area (TPSA) is 55.5 Å². The lowest BCUT2D eigenvalue weighted by Crippen LogP contribution is -2.23. The van der Waals surface area contributed by atoms with E-state index in [-0.39, 0.29) is 5.56 Å². The van der Waals surface area contributed by atoms with Gasteiger partial charge >= 0.3 is 6.36 Å². The molecule has 0 radical (unpaired) electrons. The first-order valence-electron chi connectivity index (χ1n) is 4.69. The van der Waals surface area contributed by atoms with Crippen molar-refractivity contribution in [3.05, 3.63) is 29.6 Å².